The Kier molecular flexibility index (Phi) is 2.91. The zero-order chi connectivity index (χ0) is 10.0. The van der Waals surface area contributed by atoms with Crippen LogP contribution < -0.4 is 0 Å². The maximum atomic E-state index is 8.84. The van der Waals surface area contributed by atoms with Gasteiger partial charge in [-0.15, -0.1) is 0 Å². The van der Waals surface area contributed by atoms with Gasteiger partial charge in [-0.3, -0.25) is 0 Å². The third-order valence-corrected chi connectivity index (χ3v) is 3.14. The van der Waals surface area contributed by atoms with E-state index in [-0.39, 0.29) is 6.61 Å². The number of ether oxygens (including phenoxy) is 2. The van der Waals surface area contributed by atoms with Crippen molar-refractivity contribution in [2.24, 2.45) is 0 Å². The summed E-state index contributed by atoms with van der Waals surface area (Å²) in [7, 11) is 0. The van der Waals surface area contributed by atoms with E-state index in [1.165, 1.54) is 11.1 Å². The van der Waals surface area contributed by atoms with Gasteiger partial charge in [0.15, 0.2) is 5.79 Å². The highest BCUT2D eigenvalue weighted by molar-refractivity contribution is 5.27. The van der Waals surface area contributed by atoms with Gasteiger partial charge in [-0.1, -0.05) is 5.57 Å². The summed E-state index contributed by atoms with van der Waals surface area (Å²) in [6.07, 6.45) is 3.74. The van der Waals surface area contributed by atoms with Gasteiger partial charge in [0.2, 0.25) is 0 Å². The molecule has 1 aliphatic heterocycles. The molecule has 1 fully saturated rings. The van der Waals surface area contributed by atoms with Crippen molar-refractivity contribution >= 4 is 0 Å². The van der Waals surface area contributed by atoms with Crippen LogP contribution in [0.3, 0.4) is 0 Å². The molecule has 0 amide bonds. The molecule has 1 saturated heterocycles. The van der Waals surface area contributed by atoms with Gasteiger partial charge in [0, 0.05) is 13.0 Å². The van der Waals surface area contributed by atoms with Gasteiger partial charge in [0.25, 0.3) is 0 Å². The van der Waals surface area contributed by atoms with Gasteiger partial charge in [-0.25, -0.2) is 0 Å². The smallest absolute Gasteiger partial charge is 0.191 e. The zero-order valence-electron chi connectivity index (χ0n) is 8.71. The number of allylic oxidation sites excluding steroid dienone is 1. The third-order valence-electron chi connectivity index (χ3n) is 3.14. The normalized spacial score (nSPS) is 25.3. The number of hydrogen-bond donors (Lipinski definition) is 1. The van der Waals surface area contributed by atoms with Crippen LogP contribution in [0.15, 0.2) is 11.1 Å². The quantitative estimate of drug-likeness (QED) is 0.700. The van der Waals surface area contributed by atoms with Crippen LogP contribution in [-0.2, 0) is 9.47 Å². The van der Waals surface area contributed by atoms with Crippen molar-refractivity contribution in [1.82, 2.24) is 0 Å². The molecule has 0 aromatic carbocycles. The van der Waals surface area contributed by atoms with Gasteiger partial charge in [-0.05, 0) is 31.8 Å². The molecule has 0 aromatic heterocycles. The van der Waals surface area contributed by atoms with Crippen molar-refractivity contribution < 1.29 is 14.6 Å². The molecule has 3 nitrogen and oxygen atoms in total. The fourth-order valence-corrected chi connectivity index (χ4v) is 2.41. The van der Waals surface area contributed by atoms with Crippen LogP contribution in [0, 0.1) is 0 Å². The molecule has 14 heavy (non-hydrogen) atoms. The Hall–Kier alpha value is -0.380. The first-order chi connectivity index (χ1) is 6.78. The molecular weight excluding hydrogens is 180 g/mol. The predicted molar refractivity (Wildman–Crippen MR) is 52.9 cm³/mol. The molecule has 2 aliphatic rings. The molecule has 1 aliphatic carbocycles. The molecule has 1 spiro atoms. The molecule has 0 radical (unpaired) electrons. The van der Waals surface area contributed by atoms with Crippen molar-refractivity contribution in [2.45, 2.75) is 38.4 Å². The maximum absolute atomic E-state index is 8.84. The standard InChI is InChI=1S/C11H18O3/c1-9-4-5-11(13-7-8-14-11)10(9)3-2-6-12/h12H,2-8H2,1H3. The van der Waals surface area contributed by atoms with E-state index in [2.05, 4.69) is 6.92 Å². The second kappa shape index (κ2) is 4.01. The van der Waals surface area contributed by atoms with Crippen LogP contribution in [0.2, 0.25) is 0 Å². The van der Waals surface area contributed by atoms with Gasteiger partial charge < -0.3 is 14.6 Å². The maximum Gasteiger partial charge on any atom is 0.191 e. The lowest BCUT2D eigenvalue weighted by atomic mass is 10.0. The van der Waals surface area contributed by atoms with E-state index in [9.17, 15) is 0 Å². The minimum atomic E-state index is -0.404. The van der Waals surface area contributed by atoms with Crippen molar-refractivity contribution in [1.29, 1.82) is 0 Å². The highest BCUT2D eigenvalue weighted by Crippen LogP contribution is 2.43. The van der Waals surface area contributed by atoms with Crippen LogP contribution in [0.4, 0.5) is 0 Å². The van der Waals surface area contributed by atoms with E-state index in [1.54, 1.807) is 0 Å². The average molecular weight is 198 g/mol. The van der Waals surface area contributed by atoms with Crippen molar-refractivity contribution in [2.75, 3.05) is 19.8 Å². The first kappa shape index (κ1) is 10.1. The third kappa shape index (κ3) is 1.60. The summed E-state index contributed by atoms with van der Waals surface area (Å²) in [5, 5.41) is 8.84. The molecule has 80 valence electrons. The Labute approximate surface area is 84.7 Å². The minimum absolute atomic E-state index is 0.243. The lowest BCUT2D eigenvalue weighted by molar-refractivity contribution is -0.125. The van der Waals surface area contributed by atoms with Gasteiger partial charge in [0.05, 0.1) is 13.2 Å². The predicted octanol–water partition coefficient (Wildman–Crippen LogP) is 1.61. The topological polar surface area (TPSA) is 38.7 Å². The first-order valence-electron chi connectivity index (χ1n) is 5.36. The van der Waals surface area contributed by atoms with E-state index in [0.29, 0.717) is 13.2 Å². The van der Waals surface area contributed by atoms with Crippen LogP contribution in [0.25, 0.3) is 0 Å². The Balaban J connectivity index is 2.11. The minimum Gasteiger partial charge on any atom is -0.396 e. The number of rotatable bonds is 3. The molecule has 0 bridgehead atoms. The Morgan fingerprint density at radius 2 is 2.07 bits per heavy atom. The molecule has 1 heterocycles. The van der Waals surface area contributed by atoms with Crippen LogP contribution in [0.1, 0.15) is 32.6 Å². The van der Waals surface area contributed by atoms with E-state index in [1.807, 2.05) is 0 Å². The summed E-state index contributed by atoms with van der Waals surface area (Å²) in [5.41, 5.74) is 2.67. The number of hydrogen-bond acceptors (Lipinski definition) is 3. The largest absolute Gasteiger partial charge is 0.396 e. The Morgan fingerprint density at radius 1 is 1.36 bits per heavy atom. The summed E-state index contributed by atoms with van der Waals surface area (Å²) in [6.45, 7) is 3.80. The lowest BCUT2D eigenvalue weighted by Crippen LogP contribution is -2.29. The Morgan fingerprint density at radius 3 is 2.71 bits per heavy atom. The van der Waals surface area contributed by atoms with Gasteiger partial charge >= 0.3 is 0 Å². The monoisotopic (exact) mass is 198 g/mol. The van der Waals surface area contributed by atoms with Crippen molar-refractivity contribution in [3.8, 4) is 0 Å². The van der Waals surface area contributed by atoms with E-state index >= 15 is 0 Å². The summed E-state index contributed by atoms with van der Waals surface area (Å²) in [6, 6.07) is 0. The van der Waals surface area contributed by atoms with Crippen molar-refractivity contribution in [3.63, 3.8) is 0 Å². The number of aliphatic hydroxyl groups excluding tert-OH is 1. The second-order valence-electron chi connectivity index (χ2n) is 4.04. The van der Waals surface area contributed by atoms with E-state index in [0.717, 1.165) is 25.7 Å². The van der Waals surface area contributed by atoms with Crippen LogP contribution in [0.5, 0.6) is 0 Å². The van der Waals surface area contributed by atoms with Gasteiger partial charge in [0.1, 0.15) is 0 Å². The van der Waals surface area contributed by atoms with Crippen molar-refractivity contribution in [3.05, 3.63) is 11.1 Å². The van der Waals surface area contributed by atoms with Gasteiger partial charge in [-0.2, -0.15) is 0 Å². The average Bonchev–Trinajstić information content (AvgIpc) is 2.75. The summed E-state index contributed by atoms with van der Waals surface area (Å²) >= 11 is 0. The number of aliphatic hydroxyl groups is 1. The molecule has 0 saturated carbocycles. The van der Waals surface area contributed by atoms with E-state index in [4.69, 9.17) is 14.6 Å². The first-order valence-corrected chi connectivity index (χ1v) is 5.36. The molecule has 3 heteroatoms. The summed E-state index contributed by atoms with van der Waals surface area (Å²) in [4.78, 5) is 0. The fourth-order valence-electron chi connectivity index (χ4n) is 2.41. The molecule has 1 N–H and O–H groups in total. The summed E-state index contributed by atoms with van der Waals surface area (Å²) < 4.78 is 11.4. The molecule has 2 rings (SSSR count). The molecular formula is C11H18O3. The fraction of sp³-hybridized carbons (Fsp3) is 0.818. The highest BCUT2D eigenvalue weighted by atomic mass is 16.7. The zero-order valence-corrected chi connectivity index (χ0v) is 8.71. The van der Waals surface area contributed by atoms with Crippen LogP contribution in [-0.4, -0.2) is 30.7 Å². The molecule has 0 unspecified atom stereocenters. The lowest BCUT2D eigenvalue weighted by Gasteiger charge is -2.25. The Bertz CT molecular complexity index is 239. The molecule has 0 atom stereocenters. The molecule has 0 aromatic rings. The van der Waals surface area contributed by atoms with E-state index < -0.39 is 5.79 Å². The van der Waals surface area contributed by atoms with Crippen LogP contribution >= 0.6 is 0 Å². The SMILES string of the molecule is CC1=C(CCCO)C2(CC1)OCCO2. The second-order valence-corrected chi connectivity index (χ2v) is 4.04. The summed E-state index contributed by atoms with van der Waals surface area (Å²) in [5.74, 6) is -0.404. The highest BCUT2D eigenvalue weighted by Gasteiger charge is 2.44.